The molecule has 0 bridgehead atoms. The number of hydrogen-bond donors (Lipinski definition) is 1. The molecule has 2 aromatic carbocycles. The number of carbonyl (C=O) groups excluding carboxylic acids is 4. The number of fused-ring (bicyclic) bond motifs is 1. The van der Waals surface area contributed by atoms with Gasteiger partial charge < -0.3 is 33.3 Å². The summed E-state index contributed by atoms with van der Waals surface area (Å²) in [6.45, 7) is 12.3. The van der Waals surface area contributed by atoms with Gasteiger partial charge in [0.15, 0.2) is 0 Å². The standard InChI is InChI=1S/C43H49N5O10/c1-4-29(2)33-7-5-6-8-37(33)47-16-15-36(45-30(47)3)31-9-14-40(44-28-31)58-26-24-56-22-20-54-18-17-53-19-21-55-23-25-57-32-10-11-34-35(27-32)43(52)48(42(34)51)38-12-13-39(49)46-41(38)50/h5-11,14-16,27-29,38H,3-4,12-13,17-26H2,1-2H3,(H,46,49,50). The van der Waals surface area contributed by atoms with Gasteiger partial charge in [0.1, 0.15) is 30.8 Å². The van der Waals surface area contributed by atoms with E-state index in [0.29, 0.717) is 76.2 Å². The number of allylic oxidation sites excluding steroid dienone is 1. The third kappa shape index (κ3) is 10.6. The topological polar surface area (TPSA) is 167 Å². The van der Waals surface area contributed by atoms with Crippen LogP contribution in [0.3, 0.4) is 0 Å². The number of aliphatic imine (C=N–C) groups is 1. The molecular formula is C43H49N5O10. The van der Waals surface area contributed by atoms with Gasteiger partial charge in [-0.1, -0.05) is 38.6 Å². The SMILES string of the molecule is C=C1N=C(c2ccc(OCCOCCOCCOCCOCCOc3ccc4c(c3)C(=O)N(C3CCC(=O)NC3=O)C4=O)nc2)C=CN1c1ccccc1C(C)CC. The highest BCUT2D eigenvalue weighted by molar-refractivity contribution is 6.23. The minimum absolute atomic E-state index is 0.0599. The molecule has 3 aromatic rings. The van der Waals surface area contributed by atoms with Crippen molar-refractivity contribution < 1.29 is 47.6 Å². The summed E-state index contributed by atoms with van der Waals surface area (Å²) in [6.07, 6.45) is 6.91. The van der Waals surface area contributed by atoms with Gasteiger partial charge in [0, 0.05) is 30.4 Å². The van der Waals surface area contributed by atoms with E-state index in [1.807, 2.05) is 35.4 Å². The molecule has 1 aromatic heterocycles. The van der Waals surface area contributed by atoms with E-state index in [0.717, 1.165) is 28.3 Å². The summed E-state index contributed by atoms with van der Waals surface area (Å²) >= 11 is 0. The molecule has 0 aliphatic carbocycles. The summed E-state index contributed by atoms with van der Waals surface area (Å²) in [5.74, 6) is -0.267. The van der Waals surface area contributed by atoms with E-state index in [1.165, 1.54) is 17.7 Å². The summed E-state index contributed by atoms with van der Waals surface area (Å²) in [7, 11) is 0. The Balaban J connectivity index is 0.761. The number of piperidine rings is 1. The van der Waals surface area contributed by atoms with Crippen LogP contribution in [-0.4, -0.2) is 111 Å². The highest BCUT2D eigenvalue weighted by Crippen LogP contribution is 2.33. The van der Waals surface area contributed by atoms with E-state index >= 15 is 0 Å². The molecule has 0 radical (unpaired) electrons. The first-order valence-corrected chi connectivity index (χ1v) is 19.5. The number of pyridine rings is 1. The third-order valence-corrected chi connectivity index (χ3v) is 9.78. The summed E-state index contributed by atoms with van der Waals surface area (Å²) in [5.41, 5.74) is 4.35. The van der Waals surface area contributed by atoms with Crippen molar-refractivity contribution in [2.24, 2.45) is 4.99 Å². The smallest absolute Gasteiger partial charge is 0.262 e. The first-order valence-electron chi connectivity index (χ1n) is 19.5. The number of aromatic nitrogens is 1. The zero-order valence-electron chi connectivity index (χ0n) is 32.9. The molecule has 4 amide bonds. The molecule has 4 heterocycles. The summed E-state index contributed by atoms with van der Waals surface area (Å²) < 4.78 is 33.6. The van der Waals surface area contributed by atoms with E-state index in [-0.39, 0.29) is 37.2 Å². The van der Waals surface area contributed by atoms with E-state index in [2.05, 4.69) is 48.9 Å². The number of carbonyl (C=O) groups is 4. The molecule has 3 aliphatic rings. The Hall–Kier alpha value is -5.74. The first-order chi connectivity index (χ1) is 28.2. The van der Waals surface area contributed by atoms with Crippen LogP contribution in [0.2, 0.25) is 0 Å². The van der Waals surface area contributed by atoms with Gasteiger partial charge in [-0.05, 0) is 60.7 Å². The summed E-state index contributed by atoms with van der Waals surface area (Å²) in [6, 6.07) is 15.6. The van der Waals surface area contributed by atoms with Crippen molar-refractivity contribution >= 4 is 35.0 Å². The van der Waals surface area contributed by atoms with Gasteiger partial charge in [-0.15, -0.1) is 0 Å². The molecule has 1 N–H and O–H groups in total. The van der Waals surface area contributed by atoms with Crippen molar-refractivity contribution in [2.45, 2.75) is 45.1 Å². The van der Waals surface area contributed by atoms with Crippen molar-refractivity contribution in [3.05, 3.63) is 108 Å². The lowest BCUT2D eigenvalue weighted by Crippen LogP contribution is -2.54. The van der Waals surface area contributed by atoms with Crippen LogP contribution in [0.5, 0.6) is 11.6 Å². The molecule has 15 heteroatoms. The number of hydrogen-bond acceptors (Lipinski definition) is 13. The maximum Gasteiger partial charge on any atom is 0.262 e. The fourth-order valence-electron chi connectivity index (χ4n) is 6.53. The van der Waals surface area contributed by atoms with Gasteiger partial charge in [-0.2, -0.15) is 0 Å². The van der Waals surface area contributed by atoms with E-state index in [1.54, 1.807) is 12.3 Å². The van der Waals surface area contributed by atoms with Crippen LogP contribution >= 0.6 is 0 Å². The summed E-state index contributed by atoms with van der Waals surface area (Å²) in [4.78, 5) is 61.6. The van der Waals surface area contributed by atoms with Gasteiger partial charge in [0.2, 0.25) is 17.7 Å². The third-order valence-electron chi connectivity index (χ3n) is 9.78. The van der Waals surface area contributed by atoms with Gasteiger partial charge in [0.25, 0.3) is 11.8 Å². The van der Waals surface area contributed by atoms with Crippen molar-refractivity contribution in [2.75, 3.05) is 71.0 Å². The Labute approximate surface area is 337 Å². The van der Waals surface area contributed by atoms with Gasteiger partial charge >= 0.3 is 0 Å². The van der Waals surface area contributed by atoms with E-state index < -0.39 is 29.7 Å². The zero-order valence-corrected chi connectivity index (χ0v) is 32.9. The number of benzene rings is 2. The van der Waals surface area contributed by atoms with E-state index in [9.17, 15) is 19.2 Å². The molecule has 0 spiro atoms. The number of amides is 4. The van der Waals surface area contributed by atoms with Gasteiger partial charge in [0.05, 0.1) is 75.4 Å². The highest BCUT2D eigenvalue weighted by atomic mass is 16.6. The lowest BCUT2D eigenvalue weighted by molar-refractivity contribution is -0.136. The second kappa shape index (κ2) is 20.6. The Kier molecular flexibility index (Phi) is 14.9. The number of anilines is 1. The molecular weight excluding hydrogens is 746 g/mol. The minimum Gasteiger partial charge on any atom is -0.491 e. The van der Waals surface area contributed by atoms with Crippen molar-refractivity contribution in [3.63, 3.8) is 0 Å². The molecule has 3 aliphatic heterocycles. The summed E-state index contributed by atoms with van der Waals surface area (Å²) in [5, 5.41) is 2.18. The van der Waals surface area contributed by atoms with Crippen LogP contribution in [-0.2, 0) is 28.5 Å². The molecule has 1 saturated heterocycles. The molecule has 6 rings (SSSR count). The Bertz CT molecular complexity index is 2020. The number of nitrogens with one attached hydrogen (secondary N) is 1. The van der Waals surface area contributed by atoms with Crippen LogP contribution in [0.1, 0.15) is 70.9 Å². The van der Waals surface area contributed by atoms with Crippen LogP contribution < -0.4 is 19.7 Å². The van der Waals surface area contributed by atoms with Crippen molar-refractivity contribution in [3.8, 4) is 11.6 Å². The molecule has 2 atom stereocenters. The fraction of sp³-hybridized carbons (Fsp3) is 0.395. The normalized spacial score (nSPS) is 17.0. The lowest BCUT2D eigenvalue weighted by atomic mass is 9.96. The highest BCUT2D eigenvalue weighted by Gasteiger charge is 2.44. The molecule has 15 nitrogen and oxygen atoms in total. The number of ether oxygens (including phenoxy) is 6. The van der Waals surface area contributed by atoms with Crippen LogP contribution in [0.4, 0.5) is 5.69 Å². The number of rotatable bonds is 22. The number of imide groups is 2. The molecule has 1 fully saturated rings. The zero-order chi connectivity index (χ0) is 40.9. The van der Waals surface area contributed by atoms with Gasteiger partial charge in [-0.3, -0.25) is 29.4 Å². The fourth-order valence-corrected chi connectivity index (χ4v) is 6.53. The molecule has 0 saturated carbocycles. The second-order valence-corrected chi connectivity index (χ2v) is 13.7. The monoisotopic (exact) mass is 795 g/mol. The maximum atomic E-state index is 13.0. The van der Waals surface area contributed by atoms with Crippen molar-refractivity contribution in [1.82, 2.24) is 15.2 Å². The second-order valence-electron chi connectivity index (χ2n) is 13.7. The lowest BCUT2D eigenvalue weighted by Gasteiger charge is -2.27. The predicted molar refractivity (Wildman–Crippen MR) is 214 cm³/mol. The largest absolute Gasteiger partial charge is 0.491 e. The van der Waals surface area contributed by atoms with Gasteiger partial charge in [-0.25, -0.2) is 9.98 Å². The van der Waals surface area contributed by atoms with Crippen LogP contribution in [0.25, 0.3) is 0 Å². The molecule has 58 heavy (non-hydrogen) atoms. The number of para-hydroxylation sites is 1. The van der Waals surface area contributed by atoms with E-state index in [4.69, 9.17) is 33.4 Å². The van der Waals surface area contributed by atoms with Crippen LogP contribution in [0, 0.1) is 0 Å². The average Bonchev–Trinajstić information content (AvgIpc) is 3.48. The Morgan fingerprint density at radius 2 is 1.47 bits per heavy atom. The average molecular weight is 796 g/mol. The Morgan fingerprint density at radius 3 is 2.10 bits per heavy atom. The molecule has 2 unspecified atom stereocenters. The quantitative estimate of drug-likeness (QED) is 0.109. The number of nitrogens with zero attached hydrogens (tertiary/aromatic N) is 4. The van der Waals surface area contributed by atoms with Crippen LogP contribution in [0.15, 0.2) is 90.5 Å². The molecule has 306 valence electrons. The Morgan fingerprint density at radius 1 is 0.810 bits per heavy atom. The maximum absolute atomic E-state index is 13.0. The first kappa shape index (κ1) is 41.9. The predicted octanol–water partition coefficient (Wildman–Crippen LogP) is 4.81. The van der Waals surface area contributed by atoms with Crippen molar-refractivity contribution in [1.29, 1.82) is 0 Å². The minimum atomic E-state index is -1.02.